The van der Waals surface area contributed by atoms with Crippen molar-refractivity contribution in [2.45, 2.75) is 4.21 Å². The zero-order valence-corrected chi connectivity index (χ0v) is 13.3. The Morgan fingerprint density at radius 2 is 1.90 bits per heavy atom. The van der Waals surface area contributed by atoms with Gasteiger partial charge in [-0.1, -0.05) is 27.3 Å². The average molecular weight is 378 g/mol. The van der Waals surface area contributed by atoms with Gasteiger partial charge < -0.3 is 4.74 Å². The maximum Gasteiger partial charge on any atom is 0.324 e. The topological polar surface area (TPSA) is 86.5 Å². The summed E-state index contributed by atoms with van der Waals surface area (Å²) in [5.41, 5.74) is -0.363. The van der Waals surface area contributed by atoms with Gasteiger partial charge in [0.25, 0.3) is 5.06 Å². The molecule has 0 N–H and O–H groups in total. The van der Waals surface area contributed by atoms with Gasteiger partial charge >= 0.3 is 5.69 Å². The summed E-state index contributed by atoms with van der Waals surface area (Å²) in [7, 11) is -3.51. The lowest BCUT2D eigenvalue weighted by Crippen LogP contribution is -1.92. The Bertz CT molecular complexity index is 752. The summed E-state index contributed by atoms with van der Waals surface area (Å²) >= 11 is 3.99. The molecular formula is C11H8BrNO5S2. The standard InChI is InChI=1S/C11H8BrNO5S2/c1-20(16,17)10-6-9(13(14)15)11(19-10)18-8-4-2-7(12)3-5-8/h2-6H,1H3. The second-order valence-corrected chi connectivity index (χ2v) is 8.00. The Labute approximate surface area is 127 Å². The van der Waals surface area contributed by atoms with E-state index < -0.39 is 14.8 Å². The van der Waals surface area contributed by atoms with Gasteiger partial charge in [0.05, 0.1) is 4.92 Å². The predicted octanol–water partition coefficient (Wildman–Crippen LogP) is 3.61. The molecule has 106 valence electrons. The minimum absolute atomic E-state index is 0.0576. The first-order valence-corrected chi connectivity index (χ1v) is 8.69. The van der Waals surface area contributed by atoms with Crippen LogP contribution in [0.25, 0.3) is 0 Å². The fourth-order valence-corrected chi connectivity index (χ4v) is 3.49. The maximum atomic E-state index is 11.4. The van der Waals surface area contributed by atoms with Crippen molar-refractivity contribution < 1.29 is 18.1 Å². The van der Waals surface area contributed by atoms with Crippen LogP contribution in [0.3, 0.4) is 0 Å². The van der Waals surface area contributed by atoms with Crippen molar-refractivity contribution in [2.24, 2.45) is 0 Å². The summed E-state index contributed by atoms with van der Waals surface area (Å²) in [5.74, 6) is 0.387. The minimum atomic E-state index is -3.51. The van der Waals surface area contributed by atoms with Crippen LogP contribution in [0.2, 0.25) is 0 Å². The van der Waals surface area contributed by atoms with Gasteiger partial charge in [-0.05, 0) is 24.3 Å². The first-order valence-electron chi connectivity index (χ1n) is 5.19. The first kappa shape index (κ1) is 14.9. The Morgan fingerprint density at radius 1 is 1.30 bits per heavy atom. The summed E-state index contributed by atoms with van der Waals surface area (Å²) < 4.78 is 29.0. The van der Waals surface area contributed by atoms with E-state index in [1.165, 1.54) is 0 Å². The number of benzene rings is 1. The molecule has 0 radical (unpaired) electrons. The van der Waals surface area contributed by atoms with Crippen LogP contribution in [0.4, 0.5) is 5.69 Å². The second kappa shape index (κ2) is 5.51. The minimum Gasteiger partial charge on any atom is -0.440 e. The van der Waals surface area contributed by atoms with Crippen LogP contribution in [0.1, 0.15) is 0 Å². The van der Waals surface area contributed by atoms with Gasteiger partial charge in [0.2, 0.25) is 0 Å². The van der Waals surface area contributed by atoms with Gasteiger partial charge in [0.15, 0.2) is 9.84 Å². The number of halogens is 1. The summed E-state index contributed by atoms with van der Waals surface area (Å²) in [6.45, 7) is 0. The lowest BCUT2D eigenvalue weighted by Gasteiger charge is -2.02. The number of hydrogen-bond donors (Lipinski definition) is 0. The Hall–Kier alpha value is -1.45. The highest BCUT2D eigenvalue weighted by molar-refractivity contribution is 9.10. The maximum absolute atomic E-state index is 11.4. The van der Waals surface area contributed by atoms with Crippen molar-refractivity contribution in [1.29, 1.82) is 0 Å². The molecular weight excluding hydrogens is 370 g/mol. The van der Waals surface area contributed by atoms with E-state index in [0.29, 0.717) is 5.75 Å². The quantitative estimate of drug-likeness (QED) is 0.599. The second-order valence-electron chi connectivity index (χ2n) is 3.82. The van der Waals surface area contributed by atoms with Crippen molar-refractivity contribution >= 4 is 42.8 Å². The van der Waals surface area contributed by atoms with Gasteiger partial charge in [-0.3, -0.25) is 10.1 Å². The Morgan fingerprint density at radius 3 is 2.40 bits per heavy atom. The highest BCUT2D eigenvalue weighted by Gasteiger charge is 2.25. The largest absolute Gasteiger partial charge is 0.440 e. The molecule has 0 aliphatic rings. The molecule has 20 heavy (non-hydrogen) atoms. The number of thiophene rings is 1. The molecule has 0 aliphatic carbocycles. The summed E-state index contributed by atoms with van der Waals surface area (Å²) in [5, 5.41) is 10.9. The van der Waals surface area contributed by atoms with Gasteiger partial charge in [0.1, 0.15) is 9.96 Å². The number of rotatable bonds is 4. The summed E-state index contributed by atoms with van der Waals surface area (Å²) in [4.78, 5) is 10.3. The SMILES string of the molecule is CS(=O)(=O)c1cc([N+](=O)[O-])c(Oc2ccc(Br)cc2)s1. The molecule has 0 saturated carbocycles. The third kappa shape index (κ3) is 3.35. The molecule has 2 rings (SSSR count). The molecule has 1 aromatic carbocycles. The Balaban J connectivity index is 2.42. The van der Waals surface area contributed by atoms with Crippen LogP contribution in [-0.4, -0.2) is 19.6 Å². The molecule has 9 heteroatoms. The van der Waals surface area contributed by atoms with Crippen molar-refractivity contribution in [2.75, 3.05) is 6.26 Å². The smallest absolute Gasteiger partial charge is 0.324 e. The third-order valence-corrected chi connectivity index (χ3v) is 5.58. The van der Waals surface area contributed by atoms with Gasteiger partial charge in [-0.2, -0.15) is 0 Å². The van der Waals surface area contributed by atoms with E-state index in [9.17, 15) is 18.5 Å². The van der Waals surface area contributed by atoms with Crippen molar-refractivity contribution in [1.82, 2.24) is 0 Å². The normalized spacial score (nSPS) is 11.3. The van der Waals surface area contributed by atoms with E-state index in [2.05, 4.69) is 15.9 Å². The fraction of sp³-hybridized carbons (Fsp3) is 0.0909. The van der Waals surface area contributed by atoms with Crippen molar-refractivity contribution in [3.8, 4) is 10.8 Å². The van der Waals surface area contributed by atoms with Gasteiger partial charge in [-0.15, -0.1) is 0 Å². The number of ether oxygens (including phenoxy) is 1. The van der Waals surface area contributed by atoms with Gasteiger partial charge in [-0.25, -0.2) is 8.42 Å². The highest BCUT2D eigenvalue weighted by atomic mass is 79.9. The van der Waals surface area contributed by atoms with Crippen LogP contribution in [0.5, 0.6) is 10.8 Å². The van der Waals surface area contributed by atoms with Crippen LogP contribution < -0.4 is 4.74 Å². The van der Waals surface area contributed by atoms with Gasteiger partial charge in [0, 0.05) is 16.8 Å². The van der Waals surface area contributed by atoms with E-state index >= 15 is 0 Å². The molecule has 0 fully saturated rings. The molecule has 0 aliphatic heterocycles. The summed E-state index contributed by atoms with van der Waals surface area (Å²) in [6.07, 6.45) is 0.992. The van der Waals surface area contributed by atoms with Crippen LogP contribution >= 0.6 is 27.3 Å². The van der Waals surface area contributed by atoms with Crippen LogP contribution in [0, 0.1) is 10.1 Å². The van der Waals surface area contributed by atoms with Crippen molar-refractivity contribution in [3.63, 3.8) is 0 Å². The molecule has 2 aromatic rings. The number of nitrogens with zero attached hydrogens (tertiary/aromatic N) is 1. The molecule has 0 unspecified atom stereocenters. The highest BCUT2D eigenvalue weighted by Crippen LogP contribution is 2.41. The van der Waals surface area contributed by atoms with Crippen LogP contribution in [-0.2, 0) is 9.84 Å². The number of sulfone groups is 1. The van der Waals surface area contributed by atoms with E-state index in [0.717, 1.165) is 28.1 Å². The third-order valence-electron chi connectivity index (χ3n) is 2.24. The van der Waals surface area contributed by atoms with Crippen molar-refractivity contribution in [3.05, 3.63) is 44.9 Å². The zero-order chi connectivity index (χ0) is 14.9. The summed E-state index contributed by atoms with van der Waals surface area (Å²) in [6, 6.07) is 7.67. The predicted molar refractivity (Wildman–Crippen MR) is 78.3 cm³/mol. The zero-order valence-electron chi connectivity index (χ0n) is 10.1. The molecule has 0 atom stereocenters. The molecule has 0 saturated heterocycles. The first-order chi connectivity index (χ1) is 9.27. The number of nitro groups is 1. The lowest BCUT2D eigenvalue weighted by molar-refractivity contribution is -0.385. The molecule has 0 bridgehead atoms. The van der Waals surface area contributed by atoms with E-state index in [-0.39, 0.29) is 15.0 Å². The Kier molecular flexibility index (Phi) is 4.11. The average Bonchev–Trinajstić information content (AvgIpc) is 2.76. The van der Waals surface area contributed by atoms with E-state index in [1.807, 2.05) is 0 Å². The molecule has 6 nitrogen and oxygen atoms in total. The molecule has 1 aromatic heterocycles. The number of hydrogen-bond acceptors (Lipinski definition) is 6. The monoisotopic (exact) mass is 377 g/mol. The molecule has 1 heterocycles. The van der Waals surface area contributed by atoms with E-state index in [1.54, 1.807) is 24.3 Å². The fourth-order valence-electron chi connectivity index (χ4n) is 1.34. The van der Waals surface area contributed by atoms with E-state index in [4.69, 9.17) is 4.74 Å². The molecule has 0 amide bonds. The lowest BCUT2D eigenvalue weighted by atomic mass is 10.3. The molecule has 0 spiro atoms. The van der Waals surface area contributed by atoms with Crippen LogP contribution in [0.15, 0.2) is 39.0 Å².